The topological polar surface area (TPSA) is 26.0 Å². The quantitative estimate of drug-likeness (QED) is 0.807. The lowest BCUT2D eigenvalue weighted by Gasteiger charge is -2.11. The summed E-state index contributed by atoms with van der Waals surface area (Å²) in [7, 11) is 0. The Morgan fingerprint density at radius 1 is 1.47 bits per heavy atom. The Labute approximate surface area is 90.5 Å². The van der Waals surface area contributed by atoms with Crippen molar-refractivity contribution in [1.29, 1.82) is 0 Å². The maximum atomic E-state index is 13.0. The molecule has 82 valence electrons. The van der Waals surface area contributed by atoms with Crippen LogP contribution in [-0.4, -0.2) is 6.04 Å². The highest BCUT2D eigenvalue weighted by atomic mass is 19.1. The van der Waals surface area contributed by atoms with Gasteiger partial charge in [-0.2, -0.15) is 0 Å². The minimum absolute atomic E-state index is 0.143. The molecule has 1 unspecified atom stereocenters. The smallest absolute Gasteiger partial charge is 0.123 e. The van der Waals surface area contributed by atoms with Gasteiger partial charge in [0, 0.05) is 6.04 Å². The molecule has 1 aliphatic carbocycles. The van der Waals surface area contributed by atoms with E-state index in [1.54, 1.807) is 6.07 Å². The van der Waals surface area contributed by atoms with E-state index in [-0.39, 0.29) is 5.82 Å². The fourth-order valence-electron chi connectivity index (χ4n) is 1.99. The second-order valence-corrected chi connectivity index (χ2v) is 4.61. The van der Waals surface area contributed by atoms with Gasteiger partial charge in [0.1, 0.15) is 5.82 Å². The first-order valence-electron chi connectivity index (χ1n) is 5.67. The molecule has 1 aromatic carbocycles. The second-order valence-electron chi connectivity index (χ2n) is 4.61. The highest BCUT2D eigenvalue weighted by Gasteiger charge is 2.27. The maximum Gasteiger partial charge on any atom is 0.123 e. The van der Waals surface area contributed by atoms with Gasteiger partial charge in [0.05, 0.1) is 0 Å². The van der Waals surface area contributed by atoms with Crippen LogP contribution in [0, 0.1) is 18.7 Å². The Morgan fingerprint density at radius 2 is 2.20 bits per heavy atom. The van der Waals surface area contributed by atoms with Crippen LogP contribution in [0.2, 0.25) is 0 Å². The van der Waals surface area contributed by atoms with Crippen LogP contribution in [0.1, 0.15) is 30.4 Å². The van der Waals surface area contributed by atoms with Crippen LogP contribution < -0.4 is 5.73 Å². The van der Waals surface area contributed by atoms with E-state index in [1.807, 2.05) is 13.0 Å². The molecule has 1 fully saturated rings. The monoisotopic (exact) mass is 207 g/mol. The third-order valence-electron chi connectivity index (χ3n) is 3.29. The Balaban J connectivity index is 1.94. The predicted molar refractivity (Wildman–Crippen MR) is 60.2 cm³/mol. The molecule has 0 saturated heterocycles. The minimum Gasteiger partial charge on any atom is -0.327 e. The van der Waals surface area contributed by atoms with Crippen molar-refractivity contribution in [1.82, 2.24) is 0 Å². The summed E-state index contributed by atoms with van der Waals surface area (Å²) in [4.78, 5) is 0. The molecule has 1 saturated carbocycles. The zero-order valence-corrected chi connectivity index (χ0v) is 9.17. The third-order valence-corrected chi connectivity index (χ3v) is 3.29. The van der Waals surface area contributed by atoms with Crippen LogP contribution in [0.25, 0.3) is 0 Å². The van der Waals surface area contributed by atoms with Crippen molar-refractivity contribution in [2.24, 2.45) is 11.7 Å². The molecule has 0 amide bonds. The number of aryl methyl sites for hydroxylation is 2. The van der Waals surface area contributed by atoms with Crippen LogP contribution in [0.3, 0.4) is 0 Å². The van der Waals surface area contributed by atoms with Gasteiger partial charge in [-0.15, -0.1) is 0 Å². The lowest BCUT2D eigenvalue weighted by Crippen LogP contribution is -2.23. The predicted octanol–water partition coefficient (Wildman–Crippen LogP) is 2.80. The Hall–Kier alpha value is -0.890. The molecule has 0 radical (unpaired) electrons. The normalized spacial score (nSPS) is 17.8. The summed E-state index contributed by atoms with van der Waals surface area (Å²) in [5, 5.41) is 0. The van der Waals surface area contributed by atoms with Crippen LogP contribution in [-0.2, 0) is 6.42 Å². The number of halogens is 1. The molecule has 0 aliphatic heterocycles. The van der Waals surface area contributed by atoms with Crippen molar-refractivity contribution < 1.29 is 4.39 Å². The van der Waals surface area contributed by atoms with Gasteiger partial charge < -0.3 is 5.73 Å². The van der Waals surface area contributed by atoms with Crippen LogP contribution in [0.15, 0.2) is 18.2 Å². The summed E-state index contributed by atoms with van der Waals surface area (Å²) in [5.41, 5.74) is 8.29. The van der Waals surface area contributed by atoms with Crippen molar-refractivity contribution in [3.05, 3.63) is 35.1 Å². The minimum atomic E-state index is -0.143. The van der Waals surface area contributed by atoms with Gasteiger partial charge in [-0.3, -0.25) is 0 Å². The van der Waals surface area contributed by atoms with Gasteiger partial charge in [-0.1, -0.05) is 6.07 Å². The molecule has 0 heterocycles. The van der Waals surface area contributed by atoms with Gasteiger partial charge in [-0.05, 0) is 61.8 Å². The molecule has 2 heteroatoms. The average Bonchev–Trinajstić information content (AvgIpc) is 3.02. The number of hydrogen-bond donors (Lipinski definition) is 1. The van der Waals surface area contributed by atoms with Gasteiger partial charge in [0.2, 0.25) is 0 Å². The second kappa shape index (κ2) is 4.31. The number of benzene rings is 1. The summed E-state index contributed by atoms with van der Waals surface area (Å²) in [5.74, 6) is 0.592. The SMILES string of the molecule is Cc1ccc(F)cc1CCC(N)C1CC1. The standard InChI is InChI=1S/C13H18FN/c1-9-2-6-12(14)8-11(9)5-7-13(15)10-3-4-10/h2,6,8,10,13H,3-5,7,15H2,1H3. The molecule has 15 heavy (non-hydrogen) atoms. The Kier molecular flexibility index (Phi) is 3.06. The largest absolute Gasteiger partial charge is 0.327 e. The van der Waals surface area contributed by atoms with E-state index < -0.39 is 0 Å². The summed E-state index contributed by atoms with van der Waals surface area (Å²) in [6.45, 7) is 2.03. The molecule has 1 nitrogen and oxygen atoms in total. The molecule has 1 atom stereocenters. The first kappa shape index (κ1) is 10.6. The molecule has 0 bridgehead atoms. The van der Waals surface area contributed by atoms with E-state index >= 15 is 0 Å². The molecule has 2 rings (SSSR count). The van der Waals surface area contributed by atoms with Crippen molar-refractivity contribution in [2.45, 2.75) is 38.6 Å². The lowest BCUT2D eigenvalue weighted by atomic mass is 9.99. The van der Waals surface area contributed by atoms with Crippen molar-refractivity contribution >= 4 is 0 Å². The summed E-state index contributed by atoms with van der Waals surface area (Å²) in [6, 6.07) is 5.30. The molecule has 2 N–H and O–H groups in total. The number of hydrogen-bond acceptors (Lipinski definition) is 1. The Bertz CT molecular complexity index is 344. The van der Waals surface area contributed by atoms with E-state index in [9.17, 15) is 4.39 Å². The zero-order chi connectivity index (χ0) is 10.8. The highest BCUT2D eigenvalue weighted by molar-refractivity contribution is 5.26. The zero-order valence-electron chi connectivity index (χ0n) is 9.17. The fourth-order valence-corrected chi connectivity index (χ4v) is 1.99. The maximum absolute atomic E-state index is 13.0. The number of rotatable bonds is 4. The highest BCUT2D eigenvalue weighted by Crippen LogP contribution is 2.33. The van der Waals surface area contributed by atoms with Gasteiger partial charge in [0.15, 0.2) is 0 Å². The van der Waals surface area contributed by atoms with E-state index in [0.29, 0.717) is 6.04 Å². The van der Waals surface area contributed by atoms with Crippen LogP contribution in [0.5, 0.6) is 0 Å². The Morgan fingerprint density at radius 3 is 2.87 bits per heavy atom. The fraction of sp³-hybridized carbons (Fsp3) is 0.538. The first-order chi connectivity index (χ1) is 7.16. The molecular weight excluding hydrogens is 189 g/mol. The number of nitrogens with two attached hydrogens (primary N) is 1. The molecule has 1 aromatic rings. The van der Waals surface area contributed by atoms with Crippen LogP contribution >= 0.6 is 0 Å². The van der Waals surface area contributed by atoms with E-state index in [1.165, 1.54) is 24.5 Å². The van der Waals surface area contributed by atoms with Gasteiger partial charge >= 0.3 is 0 Å². The van der Waals surface area contributed by atoms with Gasteiger partial charge in [0.25, 0.3) is 0 Å². The van der Waals surface area contributed by atoms with Crippen molar-refractivity contribution in [3.8, 4) is 0 Å². The van der Waals surface area contributed by atoms with E-state index in [2.05, 4.69) is 0 Å². The average molecular weight is 207 g/mol. The molecule has 0 aromatic heterocycles. The molecule has 0 spiro atoms. The lowest BCUT2D eigenvalue weighted by molar-refractivity contribution is 0.547. The van der Waals surface area contributed by atoms with Crippen LogP contribution in [0.4, 0.5) is 4.39 Å². The van der Waals surface area contributed by atoms with Crippen molar-refractivity contribution in [3.63, 3.8) is 0 Å². The summed E-state index contributed by atoms with van der Waals surface area (Å²) in [6.07, 6.45) is 4.45. The summed E-state index contributed by atoms with van der Waals surface area (Å²) >= 11 is 0. The molecular formula is C13H18FN. The van der Waals surface area contributed by atoms with Crippen molar-refractivity contribution in [2.75, 3.05) is 0 Å². The molecule has 1 aliphatic rings. The van der Waals surface area contributed by atoms with E-state index in [0.717, 1.165) is 24.3 Å². The first-order valence-corrected chi connectivity index (χ1v) is 5.67. The van der Waals surface area contributed by atoms with Gasteiger partial charge in [-0.25, -0.2) is 4.39 Å². The third kappa shape index (κ3) is 2.78. The summed E-state index contributed by atoms with van der Waals surface area (Å²) < 4.78 is 13.0. The van der Waals surface area contributed by atoms with E-state index in [4.69, 9.17) is 5.73 Å².